The highest BCUT2D eigenvalue weighted by Gasteiger charge is 2.14. The van der Waals surface area contributed by atoms with Crippen LogP contribution in [0, 0.1) is 0 Å². The molecule has 0 radical (unpaired) electrons. The number of rotatable bonds is 6. The Labute approximate surface area is 145 Å². The van der Waals surface area contributed by atoms with Crippen molar-refractivity contribution >= 4 is 29.9 Å². The maximum Gasteiger partial charge on any atom is 0.191 e. The third kappa shape index (κ3) is 7.15. The van der Waals surface area contributed by atoms with Crippen molar-refractivity contribution in [2.45, 2.75) is 58.0 Å². The number of aromatic nitrogens is 2. The molecule has 0 atom stereocenters. The summed E-state index contributed by atoms with van der Waals surface area (Å²) in [7, 11) is 0. The van der Waals surface area contributed by atoms with Crippen molar-refractivity contribution in [1.82, 2.24) is 20.4 Å². The zero-order valence-electron chi connectivity index (χ0n) is 12.9. The van der Waals surface area contributed by atoms with Gasteiger partial charge in [-0.15, -0.1) is 24.0 Å². The Kier molecular flexibility index (Phi) is 9.45. The number of aryl methyl sites for hydroxylation is 1. The van der Waals surface area contributed by atoms with Gasteiger partial charge in [-0.05, 0) is 32.3 Å². The summed E-state index contributed by atoms with van der Waals surface area (Å²) in [6.45, 7) is 4.79. The highest BCUT2D eigenvalue weighted by atomic mass is 127. The van der Waals surface area contributed by atoms with E-state index in [1.807, 2.05) is 23.1 Å². The molecule has 0 unspecified atom stereocenters. The van der Waals surface area contributed by atoms with E-state index in [0.717, 1.165) is 32.0 Å². The van der Waals surface area contributed by atoms with Crippen LogP contribution in [0.25, 0.3) is 0 Å². The zero-order valence-corrected chi connectivity index (χ0v) is 15.3. The molecule has 120 valence electrons. The fraction of sp³-hybridized carbons (Fsp3) is 0.733. The Bertz CT molecular complexity index is 385. The molecule has 1 heterocycles. The van der Waals surface area contributed by atoms with Gasteiger partial charge < -0.3 is 10.6 Å². The minimum Gasteiger partial charge on any atom is -0.357 e. The summed E-state index contributed by atoms with van der Waals surface area (Å²) >= 11 is 0. The Balaban J connectivity index is 0.00000220. The van der Waals surface area contributed by atoms with Crippen LogP contribution in [0.4, 0.5) is 0 Å². The minimum absolute atomic E-state index is 0. The van der Waals surface area contributed by atoms with Gasteiger partial charge in [0.2, 0.25) is 0 Å². The molecule has 1 fully saturated rings. The predicted octanol–water partition coefficient (Wildman–Crippen LogP) is 2.78. The molecule has 0 aliphatic heterocycles. The molecule has 0 bridgehead atoms. The lowest BCUT2D eigenvalue weighted by Crippen LogP contribution is -2.44. The second-order valence-electron chi connectivity index (χ2n) is 5.36. The lowest BCUT2D eigenvalue weighted by molar-refractivity contribution is 0.410. The van der Waals surface area contributed by atoms with Crippen molar-refractivity contribution in [2.75, 3.05) is 13.1 Å². The summed E-state index contributed by atoms with van der Waals surface area (Å²) in [6, 6.07) is 2.56. The fourth-order valence-electron chi connectivity index (χ4n) is 2.62. The van der Waals surface area contributed by atoms with Crippen LogP contribution in [0.15, 0.2) is 23.5 Å². The average Bonchev–Trinajstić information content (AvgIpc) is 2.98. The van der Waals surface area contributed by atoms with E-state index in [2.05, 4.69) is 27.6 Å². The minimum atomic E-state index is 0. The van der Waals surface area contributed by atoms with E-state index < -0.39 is 0 Å². The normalized spacial score (nSPS) is 16.3. The largest absolute Gasteiger partial charge is 0.357 e. The van der Waals surface area contributed by atoms with Crippen LogP contribution in [0.1, 0.15) is 45.4 Å². The molecule has 21 heavy (non-hydrogen) atoms. The molecule has 1 saturated carbocycles. The molecule has 0 spiro atoms. The van der Waals surface area contributed by atoms with Crippen molar-refractivity contribution in [3.63, 3.8) is 0 Å². The molecule has 0 amide bonds. The topological polar surface area (TPSA) is 54.2 Å². The van der Waals surface area contributed by atoms with Gasteiger partial charge in [0.1, 0.15) is 0 Å². The van der Waals surface area contributed by atoms with E-state index >= 15 is 0 Å². The molecule has 1 aliphatic rings. The first-order valence-electron chi connectivity index (χ1n) is 7.90. The number of hydrogen-bond acceptors (Lipinski definition) is 2. The average molecular weight is 405 g/mol. The Morgan fingerprint density at radius 3 is 2.81 bits per heavy atom. The number of hydrogen-bond donors (Lipinski definition) is 2. The van der Waals surface area contributed by atoms with Crippen molar-refractivity contribution in [3.8, 4) is 0 Å². The smallest absolute Gasteiger partial charge is 0.191 e. The maximum absolute atomic E-state index is 4.66. The molecular formula is C15H28IN5. The predicted molar refractivity (Wildman–Crippen MR) is 98.2 cm³/mol. The monoisotopic (exact) mass is 405 g/mol. The lowest BCUT2D eigenvalue weighted by atomic mass is 9.96. The van der Waals surface area contributed by atoms with E-state index in [-0.39, 0.29) is 24.0 Å². The van der Waals surface area contributed by atoms with Gasteiger partial charge in [0.05, 0.1) is 0 Å². The summed E-state index contributed by atoms with van der Waals surface area (Å²) in [5.41, 5.74) is 0. The summed E-state index contributed by atoms with van der Waals surface area (Å²) < 4.78 is 1.96. The molecule has 2 N–H and O–H groups in total. The third-order valence-corrected chi connectivity index (χ3v) is 3.66. The molecule has 1 aromatic heterocycles. The van der Waals surface area contributed by atoms with Crippen LogP contribution in [0.3, 0.4) is 0 Å². The fourth-order valence-corrected chi connectivity index (χ4v) is 2.62. The van der Waals surface area contributed by atoms with Gasteiger partial charge in [-0.3, -0.25) is 9.67 Å². The third-order valence-electron chi connectivity index (χ3n) is 3.66. The van der Waals surface area contributed by atoms with Crippen LogP contribution >= 0.6 is 24.0 Å². The first kappa shape index (κ1) is 18.3. The summed E-state index contributed by atoms with van der Waals surface area (Å²) in [5, 5.41) is 11.1. The van der Waals surface area contributed by atoms with E-state index in [1.54, 1.807) is 0 Å². The summed E-state index contributed by atoms with van der Waals surface area (Å²) in [6.07, 6.45) is 11.5. The van der Waals surface area contributed by atoms with Gasteiger partial charge in [-0.25, -0.2) is 0 Å². The van der Waals surface area contributed by atoms with Crippen molar-refractivity contribution < 1.29 is 0 Å². The standard InChI is InChI=1S/C15H27N5.HI/c1-2-16-15(19-14-8-4-3-5-9-14)17-10-6-12-20-13-7-11-18-20;/h7,11,13-14H,2-6,8-10,12H2,1H3,(H2,16,17,19);1H. The molecule has 2 rings (SSSR count). The first-order valence-corrected chi connectivity index (χ1v) is 7.90. The Morgan fingerprint density at radius 1 is 1.33 bits per heavy atom. The lowest BCUT2D eigenvalue weighted by Gasteiger charge is -2.24. The van der Waals surface area contributed by atoms with Gasteiger partial charge in [0.15, 0.2) is 5.96 Å². The highest BCUT2D eigenvalue weighted by Crippen LogP contribution is 2.17. The summed E-state index contributed by atoms with van der Waals surface area (Å²) in [4.78, 5) is 4.66. The number of guanidine groups is 1. The molecule has 6 heteroatoms. The molecule has 1 aliphatic carbocycles. The molecule has 5 nitrogen and oxygen atoms in total. The van der Waals surface area contributed by atoms with Crippen LogP contribution in [0.5, 0.6) is 0 Å². The number of halogens is 1. The SMILES string of the molecule is CCNC(=NCCCn1cccn1)NC1CCCCC1.I. The van der Waals surface area contributed by atoms with E-state index in [9.17, 15) is 0 Å². The first-order chi connectivity index (χ1) is 9.88. The Hall–Kier alpha value is -0.790. The van der Waals surface area contributed by atoms with Gasteiger partial charge in [0.25, 0.3) is 0 Å². The van der Waals surface area contributed by atoms with Gasteiger partial charge in [-0.1, -0.05) is 19.3 Å². The number of nitrogens with zero attached hydrogens (tertiary/aromatic N) is 3. The van der Waals surface area contributed by atoms with Gasteiger partial charge in [0, 0.05) is 38.1 Å². The van der Waals surface area contributed by atoms with Crippen LogP contribution in [-0.4, -0.2) is 34.9 Å². The number of aliphatic imine (C=N–C) groups is 1. The van der Waals surface area contributed by atoms with Gasteiger partial charge in [-0.2, -0.15) is 5.10 Å². The van der Waals surface area contributed by atoms with Crippen LogP contribution < -0.4 is 10.6 Å². The maximum atomic E-state index is 4.66. The second-order valence-corrected chi connectivity index (χ2v) is 5.36. The molecule has 0 saturated heterocycles. The Morgan fingerprint density at radius 2 is 2.14 bits per heavy atom. The van der Waals surface area contributed by atoms with Crippen molar-refractivity contribution in [3.05, 3.63) is 18.5 Å². The molecule has 1 aromatic rings. The quantitative estimate of drug-likeness (QED) is 0.331. The van der Waals surface area contributed by atoms with Crippen molar-refractivity contribution in [2.24, 2.45) is 4.99 Å². The van der Waals surface area contributed by atoms with Crippen molar-refractivity contribution in [1.29, 1.82) is 0 Å². The molecular weight excluding hydrogens is 377 g/mol. The van der Waals surface area contributed by atoms with Gasteiger partial charge >= 0.3 is 0 Å². The van der Waals surface area contributed by atoms with Crippen LogP contribution in [0.2, 0.25) is 0 Å². The van der Waals surface area contributed by atoms with E-state index in [0.29, 0.717) is 6.04 Å². The van der Waals surface area contributed by atoms with E-state index in [4.69, 9.17) is 0 Å². The zero-order chi connectivity index (χ0) is 14.0. The highest BCUT2D eigenvalue weighted by molar-refractivity contribution is 14.0. The number of nitrogens with one attached hydrogen (secondary N) is 2. The molecule has 0 aromatic carbocycles. The van der Waals surface area contributed by atoms with Crippen LogP contribution in [-0.2, 0) is 6.54 Å². The summed E-state index contributed by atoms with van der Waals surface area (Å²) in [5.74, 6) is 0.972. The second kappa shape index (κ2) is 10.9. The van der Waals surface area contributed by atoms with E-state index in [1.165, 1.54) is 32.1 Å².